The molecule has 1 rings (SSSR count). The maximum absolute atomic E-state index is 4.10. The van der Waals surface area contributed by atoms with E-state index in [0.29, 0.717) is 6.04 Å². The SMILES string of the molecule is CN=C(NC)NCCC(C)N(C)Cc1ccccc1.I. The number of rotatable bonds is 6. The molecule has 0 fully saturated rings. The summed E-state index contributed by atoms with van der Waals surface area (Å²) in [6.45, 7) is 4.17. The Hall–Kier alpha value is -0.820. The molecule has 0 saturated heterocycles. The molecule has 1 aromatic carbocycles. The van der Waals surface area contributed by atoms with Gasteiger partial charge in [0.2, 0.25) is 0 Å². The van der Waals surface area contributed by atoms with Gasteiger partial charge < -0.3 is 10.6 Å². The summed E-state index contributed by atoms with van der Waals surface area (Å²) in [4.78, 5) is 6.47. The smallest absolute Gasteiger partial charge is 0.190 e. The molecule has 5 heteroatoms. The van der Waals surface area contributed by atoms with Crippen molar-refractivity contribution in [2.75, 3.05) is 27.7 Å². The summed E-state index contributed by atoms with van der Waals surface area (Å²) in [6.07, 6.45) is 1.09. The van der Waals surface area contributed by atoms with Gasteiger partial charge in [-0.3, -0.25) is 9.89 Å². The maximum atomic E-state index is 4.10. The first-order chi connectivity index (χ1) is 9.17. The molecule has 0 heterocycles. The zero-order chi connectivity index (χ0) is 14.1. The van der Waals surface area contributed by atoms with E-state index in [4.69, 9.17) is 0 Å². The number of nitrogens with zero attached hydrogens (tertiary/aromatic N) is 2. The third-order valence-electron chi connectivity index (χ3n) is 3.34. The second-order valence-corrected chi connectivity index (χ2v) is 4.79. The summed E-state index contributed by atoms with van der Waals surface area (Å²) in [6, 6.07) is 11.1. The van der Waals surface area contributed by atoms with Gasteiger partial charge in [0, 0.05) is 33.2 Å². The van der Waals surface area contributed by atoms with E-state index in [1.54, 1.807) is 7.05 Å². The van der Waals surface area contributed by atoms with E-state index < -0.39 is 0 Å². The van der Waals surface area contributed by atoms with Crippen LogP contribution in [0.25, 0.3) is 0 Å². The van der Waals surface area contributed by atoms with E-state index in [-0.39, 0.29) is 24.0 Å². The maximum Gasteiger partial charge on any atom is 0.190 e. The number of guanidine groups is 1. The molecule has 0 radical (unpaired) electrons. The van der Waals surface area contributed by atoms with E-state index in [9.17, 15) is 0 Å². The van der Waals surface area contributed by atoms with Gasteiger partial charge >= 0.3 is 0 Å². The van der Waals surface area contributed by atoms with E-state index in [1.165, 1.54) is 5.56 Å². The van der Waals surface area contributed by atoms with Gasteiger partial charge in [-0.1, -0.05) is 30.3 Å². The molecule has 0 saturated carbocycles. The number of aliphatic imine (C=N–C) groups is 1. The highest BCUT2D eigenvalue weighted by Gasteiger charge is 2.09. The fourth-order valence-electron chi connectivity index (χ4n) is 1.93. The third kappa shape index (κ3) is 7.09. The lowest BCUT2D eigenvalue weighted by molar-refractivity contribution is 0.238. The minimum absolute atomic E-state index is 0. The van der Waals surface area contributed by atoms with Crippen LogP contribution in [0.5, 0.6) is 0 Å². The largest absolute Gasteiger partial charge is 0.359 e. The Morgan fingerprint density at radius 3 is 2.50 bits per heavy atom. The number of benzene rings is 1. The Kier molecular flexibility index (Phi) is 10.5. The fraction of sp³-hybridized carbons (Fsp3) is 0.533. The van der Waals surface area contributed by atoms with Gasteiger partial charge in [0.05, 0.1) is 0 Å². The van der Waals surface area contributed by atoms with Crippen molar-refractivity contribution >= 4 is 29.9 Å². The second-order valence-electron chi connectivity index (χ2n) is 4.79. The molecular formula is C15H27IN4. The van der Waals surface area contributed by atoms with E-state index >= 15 is 0 Å². The van der Waals surface area contributed by atoms with Crippen LogP contribution in [0.15, 0.2) is 35.3 Å². The molecule has 1 unspecified atom stereocenters. The quantitative estimate of drug-likeness (QED) is 0.445. The van der Waals surface area contributed by atoms with E-state index in [0.717, 1.165) is 25.5 Å². The Labute approximate surface area is 140 Å². The van der Waals surface area contributed by atoms with E-state index in [2.05, 4.69) is 64.8 Å². The first-order valence-electron chi connectivity index (χ1n) is 6.80. The molecule has 0 aliphatic carbocycles. The fourth-order valence-corrected chi connectivity index (χ4v) is 1.93. The highest BCUT2D eigenvalue weighted by molar-refractivity contribution is 14.0. The first-order valence-corrected chi connectivity index (χ1v) is 6.80. The minimum Gasteiger partial charge on any atom is -0.359 e. The van der Waals surface area contributed by atoms with Crippen molar-refractivity contribution in [3.63, 3.8) is 0 Å². The molecule has 1 aromatic rings. The summed E-state index contributed by atoms with van der Waals surface area (Å²) >= 11 is 0. The predicted octanol–water partition coefficient (Wildman–Crippen LogP) is 2.31. The van der Waals surface area contributed by atoms with Gasteiger partial charge in [-0.05, 0) is 26.0 Å². The highest BCUT2D eigenvalue weighted by atomic mass is 127. The zero-order valence-corrected chi connectivity index (χ0v) is 15.2. The molecule has 0 aromatic heterocycles. The number of hydrogen-bond donors (Lipinski definition) is 2. The standard InChI is InChI=1S/C15H26N4.HI/c1-13(10-11-18-15(16-2)17-3)19(4)12-14-8-6-5-7-9-14;/h5-9,13H,10-12H2,1-4H3,(H2,16,17,18);1H. The van der Waals surface area contributed by atoms with Crippen LogP contribution in [0.4, 0.5) is 0 Å². The summed E-state index contributed by atoms with van der Waals surface area (Å²) in [5, 5.41) is 6.30. The van der Waals surface area contributed by atoms with E-state index in [1.807, 2.05) is 7.05 Å². The highest BCUT2D eigenvalue weighted by Crippen LogP contribution is 2.07. The first kappa shape index (κ1) is 19.2. The number of hydrogen-bond acceptors (Lipinski definition) is 2. The summed E-state index contributed by atoms with van der Waals surface area (Å²) in [5.41, 5.74) is 1.36. The Bertz CT molecular complexity index is 381. The Balaban J connectivity index is 0.00000361. The Morgan fingerprint density at radius 1 is 1.30 bits per heavy atom. The molecule has 114 valence electrons. The zero-order valence-electron chi connectivity index (χ0n) is 12.9. The van der Waals surface area contributed by atoms with Crippen molar-refractivity contribution in [1.82, 2.24) is 15.5 Å². The van der Waals surface area contributed by atoms with Crippen LogP contribution in [-0.4, -0.2) is 44.6 Å². The molecule has 0 amide bonds. The van der Waals surface area contributed by atoms with Crippen molar-refractivity contribution in [2.45, 2.75) is 25.9 Å². The predicted molar refractivity (Wildman–Crippen MR) is 97.8 cm³/mol. The summed E-state index contributed by atoms with van der Waals surface area (Å²) in [7, 11) is 5.83. The number of halogens is 1. The second kappa shape index (κ2) is 10.9. The van der Waals surface area contributed by atoms with Crippen LogP contribution in [0.3, 0.4) is 0 Å². The van der Waals surface area contributed by atoms with Crippen molar-refractivity contribution < 1.29 is 0 Å². The molecule has 4 nitrogen and oxygen atoms in total. The van der Waals surface area contributed by atoms with Crippen LogP contribution >= 0.6 is 24.0 Å². The minimum atomic E-state index is 0. The average Bonchev–Trinajstić information content (AvgIpc) is 2.44. The Morgan fingerprint density at radius 2 is 1.95 bits per heavy atom. The summed E-state index contributed by atoms with van der Waals surface area (Å²) in [5.74, 6) is 0.845. The number of nitrogens with one attached hydrogen (secondary N) is 2. The molecular weight excluding hydrogens is 363 g/mol. The molecule has 0 aliphatic rings. The molecule has 20 heavy (non-hydrogen) atoms. The van der Waals surface area contributed by atoms with Crippen LogP contribution in [0.2, 0.25) is 0 Å². The molecule has 1 atom stereocenters. The van der Waals surface area contributed by atoms with Crippen LogP contribution in [0, 0.1) is 0 Å². The van der Waals surface area contributed by atoms with Crippen molar-refractivity contribution in [1.29, 1.82) is 0 Å². The topological polar surface area (TPSA) is 39.7 Å². The van der Waals surface area contributed by atoms with Gasteiger partial charge in [-0.15, -0.1) is 24.0 Å². The van der Waals surface area contributed by atoms with Crippen LogP contribution in [-0.2, 0) is 6.54 Å². The van der Waals surface area contributed by atoms with Gasteiger partial charge in [-0.25, -0.2) is 0 Å². The van der Waals surface area contributed by atoms with Crippen LogP contribution < -0.4 is 10.6 Å². The lowest BCUT2D eigenvalue weighted by Crippen LogP contribution is -2.38. The summed E-state index contributed by atoms with van der Waals surface area (Å²) < 4.78 is 0. The van der Waals surface area contributed by atoms with Crippen molar-refractivity contribution in [3.05, 3.63) is 35.9 Å². The molecule has 0 bridgehead atoms. The lowest BCUT2D eigenvalue weighted by Gasteiger charge is -2.25. The van der Waals surface area contributed by atoms with Gasteiger partial charge in [0.1, 0.15) is 0 Å². The molecule has 2 N–H and O–H groups in total. The third-order valence-corrected chi connectivity index (χ3v) is 3.34. The average molecular weight is 390 g/mol. The van der Waals surface area contributed by atoms with Gasteiger partial charge in [-0.2, -0.15) is 0 Å². The molecule has 0 spiro atoms. The monoisotopic (exact) mass is 390 g/mol. The normalized spacial score (nSPS) is 12.8. The van der Waals surface area contributed by atoms with Crippen molar-refractivity contribution in [2.24, 2.45) is 4.99 Å². The lowest BCUT2D eigenvalue weighted by atomic mass is 10.1. The van der Waals surface area contributed by atoms with Gasteiger partial charge in [0.25, 0.3) is 0 Å². The van der Waals surface area contributed by atoms with Crippen molar-refractivity contribution in [3.8, 4) is 0 Å². The molecule has 0 aliphatic heterocycles. The van der Waals surface area contributed by atoms with Gasteiger partial charge in [0.15, 0.2) is 5.96 Å². The van der Waals surface area contributed by atoms with Crippen LogP contribution in [0.1, 0.15) is 18.9 Å².